The van der Waals surface area contributed by atoms with Crippen LogP contribution in [0.5, 0.6) is 5.75 Å². The van der Waals surface area contributed by atoms with Crippen LogP contribution in [0, 0.1) is 0 Å². The van der Waals surface area contributed by atoms with E-state index < -0.39 is 29.5 Å². The summed E-state index contributed by atoms with van der Waals surface area (Å²) in [5, 5.41) is 1.74. The van der Waals surface area contributed by atoms with Crippen molar-refractivity contribution >= 4 is 12.1 Å². The van der Waals surface area contributed by atoms with Gasteiger partial charge in [0, 0.05) is 0 Å². The van der Waals surface area contributed by atoms with E-state index in [1.54, 1.807) is 5.32 Å². The Morgan fingerprint density at radius 1 is 1.11 bits per heavy atom. The lowest BCUT2D eigenvalue weighted by molar-refractivity contribution is -0.274. The van der Waals surface area contributed by atoms with Gasteiger partial charge in [-0.25, -0.2) is 0 Å². The second-order valence-corrected chi connectivity index (χ2v) is 3.02. The molecule has 0 aliphatic rings. The first-order valence-corrected chi connectivity index (χ1v) is 4.30. The topological polar surface area (TPSA) is 38.3 Å². The van der Waals surface area contributed by atoms with E-state index in [0.29, 0.717) is 12.1 Å². The quantitative estimate of drug-likeness (QED) is 0.678. The Bertz CT molecular complexity index is 440. The lowest BCUT2D eigenvalue weighted by Gasteiger charge is -2.15. The molecule has 0 fully saturated rings. The van der Waals surface area contributed by atoms with Gasteiger partial charge in [0.05, 0.1) is 11.3 Å². The van der Waals surface area contributed by atoms with Crippen LogP contribution in [-0.4, -0.2) is 12.8 Å². The maximum absolute atomic E-state index is 12.5. The van der Waals surface area contributed by atoms with Crippen molar-refractivity contribution in [1.29, 1.82) is 0 Å². The van der Waals surface area contributed by atoms with Gasteiger partial charge in [-0.2, -0.15) is 13.2 Å². The Kier molecular flexibility index (Phi) is 3.73. The molecule has 1 amide bonds. The zero-order valence-electron chi connectivity index (χ0n) is 8.39. The summed E-state index contributed by atoms with van der Waals surface area (Å²) in [5.74, 6) is -1.02. The first-order valence-electron chi connectivity index (χ1n) is 4.30. The molecule has 0 atom stereocenters. The van der Waals surface area contributed by atoms with Crippen LogP contribution in [0.3, 0.4) is 0 Å². The summed E-state index contributed by atoms with van der Waals surface area (Å²) < 4.78 is 76.4. The molecule has 0 radical (unpaired) electrons. The minimum Gasteiger partial charge on any atom is -0.406 e. The van der Waals surface area contributed by atoms with Gasteiger partial charge in [-0.3, -0.25) is 4.79 Å². The standard InChI is InChI=1S/C9H5F6NO2/c10-8(11,12)6-3-5(18-9(13,14)15)1-2-7(6)16-4-17/h1-4H,(H,16,17). The molecule has 9 heteroatoms. The first-order chi connectivity index (χ1) is 8.13. The van der Waals surface area contributed by atoms with Gasteiger partial charge >= 0.3 is 12.5 Å². The van der Waals surface area contributed by atoms with Crippen LogP contribution in [0.2, 0.25) is 0 Å². The maximum Gasteiger partial charge on any atom is 0.573 e. The highest BCUT2D eigenvalue weighted by Gasteiger charge is 2.36. The van der Waals surface area contributed by atoms with Gasteiger partial charge in [0.15, 0.2) is 0 Å². The average molecular weight is 273 g/mol. The third-order valence-electron chi connectivity index (χ3n) is 1.74. The molecule has 0 aromatic heterocycles. The summed E-state index contributed by atoms with van der Waals surface area (Å²) in [6, 6.07) is 1.48. The Morgan fingerprint density at radius 2 is 1.72 bits per heavy atom. The van der Waals surface area contributed by atoms with E-state index >= 15 is 0 Å². The van der Waals surface area contributed by atoms with Crippen molar-refractivity contribution in [1.82, 2.24) is 0 Å². The highest BCUT2D eigenvalue weighted by atomic mass is 19.4. The summed E-state index contributed by atoms with van der Waals surface area (Å²) in [7, 11) is 0. The smallest absolute Gasteiger partial charge is 0.406 e. The monoisotopic (exact) mass is 273 g/mol. The van der Waals surface area contributed by atoms with Crippen LogP contribution >= 0.6 is 0 Å². The Morgan fingerprint density at radius 3 is 2.17 bits per heavy atom. The van der Waals surface area contributed by atoms with Gasteiger partial charge in [0.25, 0.3) is 0 Å². The van der Waals surface area contributed by atoms with Crippen molar-refractivity contribution in [3.05, 3.63) is 23.8 Å². The van der Waals surface area contributed by atoms with E-state index in [1.807, 2.05) is 0 Å². The summed E-state index contributed by atoms with van der Waals surface area (Å²) in [6.07, 6.45) is -10.0. The zero-order valence-corrected chi connectivity index (χ0v) is 8.39. The van der Waals surface area contributed by atoms with Gasteiger partial charge < -0.3 is 10.1 Å². The number of nitrogens with one attached hydrogen (secondary N) is 1. The summed E-state index contributed by atoms with van der Waals surface area (Å²) in [5.41, 5.74) is -2.09. The number of carbonyl (C=O) groups excluding carboxylic acids is 1. The van der Waals surface area contributed by atoms with Crippen molar-refractivity contribution < 1.29 is 35.9 Å². The molecule has 1 N–H and O–H groups in total. The van der Waals surface area contributed by atoms with Crippen LogP contribution in [0.1, 0.15) is 5.56 Å². The molecule has 0 heterocycles. The third-order valence-corrected chi connectivity index (χ3v) is 1.74. The first kappa shape index (κ1) is 14.1. The van der Waals surface area contributed by atoms with Crippen LogP contribution < -0.4 is 10.1 Å². The van der Waals surface area contributed by atoms with E-state index in [0.717, 1.165) is 0 Å². The molecule has 0 spiro atoms. The highest BCUT2D eigenvalue weighted by Crippen LogP contribution is 2.37. The summed E-state index contributed by atoms with van der Waals surface area (Å²) >= 11 is 0. The van der Waals surface area contributed by atoms with Gasteiger partial charge in [-0.1, -0.05) is 0 Å². The van der Waals surface area contributed by atoms with Crippen molar-refractivity contribution in [3.63, 3.8) is 0 Å². The molecule has 0 unspecified atom stereocenters. The number of benzene rings is 1. The Labute approximate surface area is 96.3 Å². The Balaban J connectivity index is 3.17. The highest BCUT2D eigenvalue weighted by molar-refractivity contribution is 5.74. The number of alkyl halides is 6. The number of rotatable bonds is 3. The van der Waals surface area contributed by atoms with Crippen LogP contribution in [-0.2, 0) is 11.0 Å². The molecule has 1 rings (SSSR count). The lowest BCUT2D eigenvalue weighted by atomic mass is 10.1. The van der Waals surface area contributed by atoms with Crippen molar-refractivity contribution in [2.75, 3.05) is 5.32 Å². The predicted molar refractivity (Wildman–Crippen MR) is 47.8 cm³/mol. The minimum atomic E-state index is -5.09. The van der Waals surface area contributed by atoms with Crippen LogP contribution in [0.25, 0.3) is 0 Å². The number of hydrogen-bond donors (Lipinski definition) is 1. The molecule has 100 valence electrons. The lowest BCUT2D eigenvalue weighted by Crippen LogP contribution is -2.18. The molecule has 0 saturated heterocycles. The molecule has 1 aromatic rings. The van der Waals surface area contributed by atoms with E-state index in [-0.39, 0.29) is 12.5 Å². The third kappa shape index (κ3) is 3.82. The van der Waals surface area contributed by atoms with Crippen molar-refractivity contribution in [2.45, 2.75) is 12.5 Å². The van der Waals surface area contributed by atoms with Crippen molar-refractivity contribution in [3.8, 4) is 5.75 Å². The molecule has 0 aliphatic carbocycles. The number of ether oxygens (including phenoxy) is 1. The van der Waals surface area contributed by atoms with Gasteiger partial charge in [0.2, 0.25) is 6.41 Å². The number of anilines is 1. The fourth-order valence-corrected chi connectivity index (χ4v) is 1.14. The number of halogens is 6. The van der Waals surface area contributed by atoms with Crippen LogP contribution in [0.15, 0.2) is 18.2 Å². The van der Waals surface area contributed by atoms with E-state index in [4.69, 9.17) is 0 Å². The summed E-state index contributed by atoms with van der Waals surface area (Å²) in [4.78, 5) is 10.1. The second kappa shape index (κ2) is 4.75. The van der Waals surface area contributed by atoms with E-state index in [9.17, 15) is 31.1 Å². The normalized spacial score (nSPS) is 12.1. The molecular weight excluding hydrogens is 268 g/mol. The van der Waals surface area contributed by atoms with E-state index in [1.165, 1.54) is 0 Å². The molecule has 18 heavy (non-hydrogen) atoms. The molecule has 3 nitrogen and oxygen atoms in total. The van der Waals surface area contributed by atoms with E-state index in [2.05, 4.69) is 4.74 Å². The number of hydrogen-bond acceptors (Lipinski definition) is 2. The largest absolute Gasteiger partial charge is 0.573 e. The minimum absolute atomic E-state index is 0.0190. The SMILES string of the molecule is O=CNc1ccc(OC(F)(F)F)cc1C(F)(F)F. The zero-order chi connectivity index (χ0) is 14.0. The van der Waals surface area contributed by atoms with Gasteiger partial charge in [-0.05, 0) is 18.2 Å². The molecule has 0 aliphatic heterocycles. The average Bonchev–Trinajstić information content (AvgIpc) is 2.16. The Hall–Kier alpha value is -1.93. The maximum atomic E-state index is 12.5. The fraction of sp³-hybridized carbons (Fsp3) is 0.222. The molecule has 0 saturated carbocycles. The number of amides is 1. The van der Waals surface area contributed by atoms with Crippen LogP contribution in [0.4, 0.5) is 32.0 Å². The molecular formula is C9H5F6NO2. The fourth-order valence-electron chi connectivity index (χ4n) is 1.14. The van der Waals surface area contributed by atoms with Gasteiger partial charge in [0.1, 0.15) is 5.75 Å². The predicted octanol–water partition coefficient (Wildman–Crippen LogP) is 3.17. The molecule has 1 aromatic carbocycles. The van der Waals surface area contributed by atoms with Gasteiger partial charge in [-0.15, -0.1) is 13.2 Å². The second-order valence-electron chi connectivity index (χ2n) is 3.02. The van der Waals surface area contributed by atoms with Crippen molar-refractivity contribution in [2.24, 2.45) is 0 Å². The summed E-state index contributed by atoms with van der Waals surface area (Å²) in [6.45, 7) is 0. The molecule has 0 bridgehead atoms. The number of carbonyl (C=O) groups is 1.